The van der Waals surface area contributed by atoms with Crippen LogP contribution in [0, 0.1) is 12.8 Å². The van der Waals surface area contributed by atoms with Crippen LogP contribution in [0.15, 0.2) is 72.8 Å². The van der Waals surface area contributed by atoms with Gasteiger partial charge in [0.15, 0.2) is 0 Å². The number of nitrogens with one attached hydrogen (secondary N) is 2. The average molecular weight is 465 g/mol. The molecule has 7 heteroatoms. The van der Waals surface area contributed by atoms with E-state index in [1.165, 1.54) is 18.4 Å². The third-order valence-electron chi connectivity index (χ3n) is 4.77. The van der Waals surface area contributed by atoms with Crippen LogP contribution in [0.1, 0.15) is 37.8 Å². The summed E-state index contributed by atoms with van der Waals surface area (Å²) in [4.78, 5) is 33.6. The highest BCUT2D eigenvalue weighted by Gasteiger charge is 2.17. The maximum absolute atomic E-state index is 11.9. The molecular formula is C27H36N4O3. The number of carbonyl (C=O) groups is 3. The van der Waals surface area contributed by atoms with Crippen LogP contribution in [-0.4, -0.2) is 24.5 Å². The van der Waals surface area contributed by atoms with Gasteiger partial charge in [-0.15, -0.1) is 0 Å². The van der Waals surface area contributed by atoms with Gasteiger partial charge in [0.05, 0.1) is 0 Å². The van der Waals surface area contributed by atoms with Crippen LogP contribution >= 0.6 is 0 Å². The normalized spacial score (nSPS) is 10.6. The summed E-state index contributed by atoms with van der Waals surface area (Å²) in [5.41, 5.74) is 12.3. The molecule has 3 rings (SSSR count). The second-order valence-corrected chi connectivity index (χ2v) is 7.89. The van der Waals surface area contributed by atoms with E-state index in [9.17, 15) is 14.4 Å². The van der Waals surface area contributed by atoms with Gasteiger partial charge in [-0.3, -0.25) is 15.4 Å². The fourth-order valence-corrected chi connectivity index (χ4v) is 2.93. The minimum atomic E-state index is -1.01. The Kier molecular flexibility index (Phi) is 13.3. The zero-order chi connectivity index (χ0) is 25.3. The molecule has 0 bridgehead atoms. The molecule has 0 fully saturated rings. The molecule has 0 saturated carbocycles. The number of carbonyl (C=O) groups excluding carboxylic acids is 3. The van der Waals surface area contributed by atoms with E-state index < -0.39 is 23.9 Å². The van der Waals surface area contributed by atoms with E-state index in [4.69, 9.17) is 11.5 Å². The summed E-state index contributed by atoms with van der Waals surface area (Å²) in [5, 5.41) is 6.09. The van der Waals surface area contributed by atoms with Crippen LogP contribution in [0.25, 0.3) is 10.8 Å². The van der Waals surface area contributed by atoms with Gasteiger partial charge in [-0.1, -0.05) is 98.6 Å². The molecule has 0 aliphatic heterocycles. The summed E-state index contributed by atoms with van der Waals surface area (Å²) in [6.07, 6.45) is 2.87. The zero-order valence-corrected chi connectivity index (χ0v) is 20.2. The number of rotatable bonds is 5. The Morgan fingerprint density at radius 1 is 0.882 bits per heavy atom. The molecule has 0 radical (unpaired) electrons. The van der Waals surface area contributed by atoms with Crippen molar-refractivity contribution in [3.8, 4) is 0 Å². The number of unbranched alkanes of at least 4 members (excludes halogenated alkanes) is 1. The van der Waals surface area contributed by atoms with Gasteiger partial charge in [-0.2, -0.15) is 0 Å². The predicted molar refractivity (Wildman–Crippen MR) is 138 cm³/mol. The molecule has 0 aromatic heterocycles. The van der Waals surface area contributed by atoms with E-state index >= 15 is 0 Å². The monoisotopic (exact) mass is 464 g/mol. The SMILES string of the molecule is CCCCN.C[C@H](Cc1ccc2ccccc2c1)C(=O)NC(=O)NC(N)=O.Cc1ccccc1. The zero-order valence-electron chi connectivity index (χ0n) is 20.2. The van der Waals surface area contributed by atoms with E-state index in [1.807, 2.05) is 60.7 Å². The Bertz CT molecular complexity index is 1040. The van der Waals surface area contributed by atoms with Crippen molar-refractivity contribution in [1.29, 1.82) is 0 Å². The Morgan fingerprint density at radius 3 is 2.00 bits per heavy atom. The summed E-state index contributed by atoms with van der Waals surface area (Å²) in [5.74, 6) is -0.883. The van der Waals surface area contributed by atoms with Gasteiger partial charge < -0.3 is 11.5 Å². The summed E-state index contributed by atoms with van der Waals surface area (Å²) in [6.45, 7) is 6.77. The summed E-state index contributed by atoms with van der Waals surface area (Å²) < 4.78 is 0. The van der Waals surface area contributed by atoms with Crippen LogP contribution in [0.4, 0.5) is 9.59 Å². The van der Waals surface area contributed by atoms with Gasteiger partial charge in [0, 0.05) is 5.92 Å². The molecule has 182 valence electrons. The maximum Gasteiger partial charge on any atom is 0.329 e. The summed E-state index contributed by atoms with van der Waals surface area (Å²) in [6, 6.07) is 22.2. The van der Waals surface area contributed by atoms with Gasteiger partial charge in [0.25, 0.3) is 0 Å². The smallest absolute Gasteiger partial charge is 0.329 e. The third kappa shape index (κ3) is 11.8. The van der Waals surface area contributed by atoms with Crippen LogP contribution in [-0.2, 0) is 11.2 Å². The van der Waals surface area contributed by atoms with Crippen molar-refractivity contribution in [2.75, 3.05) is 6.54 Å². The van der Waals surface area contributed by atoms with Crippen molar-refractivity contribution < 1.29 is 14.4 Å². The Morgan fingerprint density at radius 2 is 1.50 bits per heavy atom. The quantitative estimate of drug-likeness (QED) is 0.438. The lowest BCUT2D eigenvalue weighted by Crippen LogP contribution is -2.46. The topological polar surface area (TPSA) is 127 Å². The number of benzene rings is 3. The number of nitrogens with two attached hydrogens (primary N) is 2. The lowest BCUT2D eigenvalue weighted by molar-refractivity contribution is -0.123. The fourth-order valence-electron chi connectivity index (χ4n) is 2.93. The van der Waals surface area contributed by atoms with Crippen molar-refractivity contribution in [2.24, 2.45) is 17.4 Å². The number of urea groups is 2. The number of aryl methyl sites for hydroxylation is 1. The number of imide groups is 2. The maximum atomic E-state index is 11.9. The highest BCUT2D eigenvalue weighted by atomic mass is 16.2. The molecule has 3 aromatic carbocycles. The van der Waals surface area contributed by atoms with E-state index in [1.54, 1.807) is 12.2 Å². The molecule has 7 nitrogen and oxygen atoms in total. The van der Waals surface area contributed by atoms with Gasteiger partial charge in [-0.05, 0) is 42.6 Å². The lowest BCUT2D eigenvalue weighted by Gasteiger charge is -2.12. The number of primary amides is 1. The van der Waals surface area contributed by atoms with E-state index in [-0.39, 0.29) is 0 Å². The summed E-state index contributed by atoms with van der Waals surface area (Å²) in [7, 11) is 0. The molecule has 3 aromatic rings. The summed E-state index contributed by atoms with van der Waals surface area (Å²) >= 11 is 0. The van der Waals surface area contributed by atoms with E-state index in [0.29, 0.717) is 6.42 Å². The molecule has 0 unspecified atom stereocenters. The molecule has 5 amide bonds. The van der Waals surface area contributed by atoms with E-state index in [0.717, 1.165) is 22.9 Å². The second kappa shape index (κ2) is 16.0. The van der Waals surface area contributed by atoms with Gasteiger partial charge in [-0.25, -0.2) is 9.59 Å². The van der Waals surface area contributed by atoms with Crippen LogP contribution < -0.4 is 22.1 Å². The third-order valence-corrected chi connectivity index (χ3v) is 4.77. The molecule has 0 heterocycles. The minimum Gasteiger partial charge on any atom is -0.351 e. The fraction of sp³-hybridized carbons (Fsp3) is 0.296. The predicted octanol–water partition coefficient (Wildman–Crippen LogP) is 4.66. The molecule has 0 aliphatic rings. The van der Waals surface area contributed by atoms with Crippen LogP contribution in [0.5, 0.6) is 0 Å². The van der Waals surface area contributed by atoms with Gasteiger partial charge in [0.1, 0.15) is 0 Å². The molecule has 6 N–H and O–H groups in total. The number of hydrogen-bond donors (Lipinski definition) is 4. The first kappa shape index (κ1) is 28.3. The standard InChI is InChI=1S/C16H17N3O3.C7H8.C4H11N/c1-10(14(20)18-16(22)19-15(17)21)8-11-6-7-12-4-2-3-5-13(12)9-11;1-7-5-3-2-4-6-7;1-2-3-4-5/h2-7,9-10H,8H2,1H3,(H4,17,18,19,20,21,22);2-6H,1H3;2-5H2,1H3/t10-;;/m1../s1. The molecule has 34 heavy (non-hydrogen) atoms. The van der Waals surface area contributed by atoms with Crippen molar-refractivity contribution in [3.05, 3.63) is 83.9 Å². The molecule has 0 saturated heterocycles. The first-order valence-corrected chi connectivity index (χ1v) is 11.4. The molecule has 0 aliphatic carbocycles. The highest BCUT2D eigenvalue weighted by molar-refractivity contribution is 6.01. The number of hydrogen-bond acceptors (Lipinski definition) is 4. The van der Waals surface area contributed by atoms with Crippen molar-refractivity contribution in [3.63, 3.8) is 0 Å². The average Bonchev–Trinajstić information content (AvgIpc) is 2.80. The van der Waals surface area contributed by atoms with Crippen LogP contribution in [0.3, 0.4) is 0 Å². The molecule has 0 spiro atoms. The van der Waals surface area contributed by atoms with Gasteiger partial charge in [0.2, 0.25) is 5.91 Å². The lowest BCUT2D eigenvalue weighted by atomic mass is 9.98. The van der Waals surface area contributed by atoms with Crippen molar-refractivity contribution in [1.82, 2.24) is 10.6 Å². The van der Waals surface area contributed by atoms with Crippen LogP contribution in [0.2, 0.25) is 0 Å². The Hall–Kier alpha value is -3.71. The van der Waals surface area contributed by atoms with E-state index in [2.05, 4.69) is 31.3 Å². The van der Waals surface area contributed by atoms with Crippen molar-refractivity contribution in [2.45, 2.75) is 40.0 Å². The Balaban J connectivity index is 0.000000393. The highest BCUT2D eigenvalue weighted by Crippen LogP contribution is 2.18. The number of fused-ring (bicyclic) bond motifs is 1. The molecular weight excluding hydrogens is 428 g/mol. The molecule has 1 atom stereocenters. The Labute approximate surface area is 201 Å². The largest absolute Gasteiger partial charge is 0.351 e. The van der Waals surface area contributed by atoms with Gasteiger partial charge >= 0.3 is 12.1 Å². The minimum absolute atomic E-state index is 0.417. The number of amides is 5. The first-order chi connectivity index (χ1) is 16.3. The van der Waals surface area contributed by atoms with Crippen molar-refractivity contribution >= 4 is 28.7 Å². The second-order valence-electron chi connectivity index (χ2n) is 7.89. The first-order valence-electron chi connectivity index (χ1n) is 11.4.